The maximum Gasteiger partial charge on any atom is 0.180 e. The molecule has 8 heteroatoms. The summed E-state index contributed by atoms with van der Waals surface area (Å²) in [6, 6.07) is 0. The van der Waals surface area contributed by atoms with Crippen LogP contribution >= 0.6 is 11.3 Å². The number of sulfone groups is 1. The molecule has 1 rings (SSSR count). The van der Waals surface area contributed by atoms with Crippen LogP contribution in [0.3, 0.4) is 0 Å². The fraction of sp³-hybridized carbons (Fsp3) is 0.615. The molecule has 0 saturated carbocycles. The van der Waals surface area contributed by atoms with Crippen LogP contribution in [0.25, 0.3) is 0 Å². The minimum absolute atomic E-state index is 0.0391. The Morgan fingerprint density at radius 2 is 1.90 bits per heavy atom. The minimum atomic E-state index is -3.48. The Morgan fingerprint density at radius 1 is 1.33 bits per heavy atom. The number of nitrogens with one attached hydrogen (secondary N) is 1. The average molecular weight is 333 g/mol. The third-order valence-corrected chi connectivity index (χ3v) is 5.76. The van der Waals surface area contributed by atoms with Crippen LogP contribution in [-0.4, -0.2) is 51.5 Å². The molecule has 0 saturated heterocycles. The van der Waals surface area contributed by atoms with E-state index in [0.717, 1.165) is 37.2 Å². The molecule has 0 aromatic carbocycles. The van der Waals surface area contributed by atoms with Gasteiger partial charge in [-0.05, 0) is 13.1 Å². The Bertz CT molecular complexity index is 604. The van der Waals surface area contributed by atoms with Gasteiger partial charge in [-0.1, -0.05) is 13.8 Å². The first-order valence-electron chi connectivity index (χ1n) is 6.81. The summed E-state index contributed by atoms with van der Waals surface area (Å²) in [7, 11) is -3.48. The zero-order valence-corrected chi connectivity index (χ0v) is 14.5. The van der Waals surface area contributed by atoms with E-state index in [2.05, 4.69) is 24.1 Å². The number of carbonyl (C=O) groups is 1. The van der Waals surface area contributed by atoms with E-state index in [1.165, 1.54) is 6.92 Å². The van der Waals surface area contributed by atoms with Crippen LogP contribution < -0.4 is 11.1 Å². The van der Waals surface area contributed by atoms with Crippen LogP contribution in [0.5, 0.6) is 0 Å². The summed E-state index contributed by atoms with van der Waals surface area (Å²) >= 11 is 1.10. The number of hydrogen-bond donors (Lipinski definition) is 2. The number of ketones is 1. The predicted octanol–water partition coefficient (Wildman–Crippen LogP) is 1.69. The van der Waals surface area contributed by atoms with Gasteiger partial charge < -0.3 is 16.0 Å². The monoisotopic (exact) mass is 333 g/mol. The molecule has 0 aliphatic rings. The highest BCUT2D eigenvalue weighted by Crippen LogP contribution is 2.39. The van der Waals surface area contributed by atoms with E-state index in [-0.39, 0.29) is 16.4 Å². The van der Waals surface area contributed by atoms with Gasteiger partial charge in [0.05, 0.1) is 10.6 Å². The van der Waals surface area contributed by atoms with Gasteiger partial charge in [0.15, 0.2) is 15.6 Å². The number of anilines is 2. The van der Waals surface area contributed by atoms with Gasteiger partial charge in [-0.25, -0.2) is 8.42 Å². The van der Waals surface area contributed by atoms with E-state index in [4.69, 9.17) is 5.73 Å². The second-order valence-electron chi connectivity index (χ2n) is 4.79. The topological polar surface area (TPSA) is 92.5 Å². The number of nitrogens with zero attached hydrogens (tertiary/aromatic N) is 1. The normalized spacial score (nSPS) is 11.9. The van der Waals surface area contributed by atoms with Crippen molar-refractivity contribution < 1.29 is 13.2 Å². The van der Waals surface area contributed by atoms with Crippen LogP contribution in [0.1, 0.15) is 30.4 Å². The van der Waals surface area contributed by atoms with Crippen LogP contribution in [0.15, 0.2) is 4.90 Å². The van der Waals surface area contributed by atoms with E-state index in [1.807, 2.05) is 0 Å². The largest absolute Gasteiger partial charge is 0.396 e. The lowest BCUT2D eigenvalue weighted by Gasteiger charge is -2.18. The number of carbonyl (C=O) groups excluding carboxylic acids is 1. The molecule has 3 N–H and O–H groups in total. The second kappa shape index (κ2) is 7.24. The molecule has 0 aliphatic carbocycles. The van der Waals surface area contributed by atoms with Gasteiger partial charge in [0.1, 0.15) is 9.90 Å². The highest BCUT2D eigenvalue weighted by molar-refractivity contribution is 7.91. The number of thiophene rings is 1. The van der Waals surface area contributed by atoms with E-state index in [0.29, 0.717) is 16.4 Å². The SMILES string of the molecule is CCN(CC)CCNc1sc(C(C)=O)c(N)c1S(C)(=O)=O. The average Bonchev–Trinajstić information content (AvgIpc) is 2.71. The van der Waals surface area contributed by atoms with Gasteiger partial charge in [-0.15, -0.1) is 11.3 Å². The fourth-order valence-electron chi connectivity index (χ4n) is 2.04. The maximum atomic E-state index is 11.9. The van der Waals surface area contributed by atoms with Crippen molar-refractivity contribution in [2.75, 3.05) is 43.5 Å². The van der Waals surface area contributed by atoms with Gasteiger partial charge in [-0.2, -0.15) is 0 Å². The Hall–Kier alpha value is -1.12. The minimum Gasteiger partial charge on any atom is -0.396 e. The number of hydrogen-bond acceptors (Lipinski definition) is 7. The van der Waals surface area contributed by atoms with Gasteiger partial charge in [-0.3, -0.25) is 4.79 Å². The van der Waals surface area contributed by atoms with Crippen molar-refractivity contribution in [2.45, 2.75) is 25.7 Å². The zero-order chi connectivity index (χ0) is 16.2. The first-order valence-corrected chi connectivity index (χ1v) is 9.52. The lowest BCUT2D eigenvalue weighted by atomic mass is 10.3. The molecule has 0 bridgehead atoms. The number of nitrogens with two attached hydrogens (primary N) is 1. The van der Waals surface area contributed by atoms with Crippen molar-refractivity contribution in [3.8, 4) is 0 Å². The summed E-state index contributed by atoms with van der Waals surface area (Å²) in [6.45, 7) is 8.79. The molecule has 1 aromatic heterocycles. The van der Waals surface area contributed by atoms with Crippen molar-refractivity contribution in [3.05, 3.63) is 4.88 Å². The molecule has 0 radical (unpaired) electrons. The van der Waals surface area contributed by atoms with Gasteiger partial charge >= 0.3 is 0 Å². The molecule has 120 valence electrons. The number of Topliss-reactive ketones (excluding diaryl/α,β-unsaturated/α-hetero) is 1. The van der Waals surface area contributed by atoms with Crippen LogP contribution in [-0.2, 0) is 9.84 Å². The van der Waals surface area contributed by atoms with Crippen molar-refractivity contribution in [1.29, 1.82) is 0 Å². The molecular formula is C13H23N3O3S2. The highest BCUT2D eigenvalue weighted by Gasteiger charge is 2.25. The molecular weight excluding hydrogens is 310 g/mol. The summed E-state index contributed by atoms with van der Waals surface area (Å²) in [6.07, 6.45) is 1.10. The van der Waals surface area contributed by atoms with Crippen LogP contribution in [0.4, 0.5) is 10.7 Å². The fourth-order valence-corrected chi connectivity index (χ4v) is 4.53. The first-order chi connectivity index (χ1) is 9.72. The molecule has 0 fully saturated rings. The first kappa shape index (κ1) is 17.9. The van der Waals surface area contributed by atoms with E-state index < -0.39 is 9.84 Å². The summed E-state index contributed by atoms with van der Waals surface area (Å²) in [5.74, 6) is -0.223. The summed E-state index contributed by atoms with van der Waals surface area (Å²) in [5.41, 5.74) is 5.89. The molecule has 6 nitrogen and oxygen atoms in total. The quantitative estimate of drug-likeness (QED) is 0.703. The molecule has 1 heterocycles. The predicted molar refractivity (Wildman–Crippen MR) is 88.1 cm³/mol. The lowest BCUT2D eigenvalue weighted by Crippen LogP contribution is -2.28. The van der Waals surface area contributed by atoms with Crippen molar-refractivity contribution >= 4 is 37.6 Å². The summed E-state index contributed by atoms with van der Waals surface area (Å²) < 4.78 is 23.8. The molecule has 1 aromatic rings. The van der Waals surface area contributed by atoms with E-state index in [9.17, 15) is 13.2 Å². The van der Waals surface area contributed by atoms with Gasteiger partial charge in [0, 0.05) is 26.3 Å². The molecule has 0 amide bonds. The van der Waals surface area contributed by atoms with Gasteiger partial charge in [0.25, 0.3) is 0 Å². The third kappa shape index (κ3) is 4.42. The Kier molecular flexibility index (Phi) is 6.18. The van der Waals surface area contributed by atoms with E-state index >= 15 is 0 Å². The molecule has 21 heavy (non-hydrogen) atoms. The number of likely N-dealkylation sites (N-methyl/N-ethyl adjacent to an activating group) is 1. The lowest BCUT2D eigenvalue weighted by molar-refractivity contribution is 0.102. The Morgan fingerprint density at radius 3 is 2.33 bits per heavy atom. The van der Waals surface area contributed by atoms with Crippen molar-refractivity contribution in [1.82, 2.24) is 4.90 Å². The Balaban J connectivity index is 3.01. The van der Waals surface area contributed by atoms with Crippen molar-refractivity contribution in [3.63, 3.8) is 0 Å². The van der Waals surface area contributed by atoms with Crippen molar-refractivity contribution in [2.24, 2.45) is 0 Å². The number of rotatable bonds is 8. The van der Waals surface area contributed by atoms with Crippen LogP contribution in [0.2, 0.25) is 0 Å². The molecule has 0 unspecified atom stereocenters. The number of nitrogen functional groups attached to an aromatic ring is 1. The molecule has 0 aliphatic heterocycles. The van der Waals surface area contributed by atoms with Gasteiger partial charge in [0.2, 0.25) is 0 Å². The van der Waals surface area contributed by atoms with Crippen LogP contribution in [0, 0.1) is 0 Å². The highest BCUT2D eigenvalue weighted by atomic mass is 32.2. The Labute approximate surface area is 130 Å². The molecule has 0 spiro atoms. The summed E-state index contributed by atoms with van der Waals surface area (Å²) in [4.78, 5) is 14.1. The standard InChI is InChI=1S/C13H23N3O3S2/c1-5-16(6-2)8-7-15-13-12(21(4,18)19)10(14)11(20-13)9(3)17/h15H,5-8,14H2,1-4H3. The van der Waals surface area contributed by atoms with E-state index in [1.54, 1.807) is 0 Å². The third-order valence-electron chi connectivity index (χ3n) is 3.20. The summed E-state index contributed by atoms with van der Waals surface area (Å²) in [5, 5.41) is 3.55. The maximum absolute atomic E-state index is 11.9. The molecule has 0 atom stereocenters. The second-order valence-corrected chi connectivity index (χ2v) is 7.76. The smallest absolute Gasteiger partial charge is 0.180 e. The zero-order valence-electron chi connectivity index (χ0n) is 12.9.